The number of aromatic amines is 1. The zero-order valence-electron chi connectivity index (χ0n) is 17.4. The van der Waals surface area contributed by atoms with Crippen LogP contribution in [0.5, 0.6) is 0 Å². The Labute approximate surface area is 180 Å². The molecule has 0 spiro atoms. The van der Waals surface area contributed by atoms with Gasteiger partial charge in [-0.25, -0.2) is 4.39 Å². The van der Waals surface area contributed by atoms with Crippen molar-refractivity contribution in [3.63, 3.8) is 0 Å². The van der Waals surface area contributed by atoms with Crippen LogP contribution in [0.4, 0.5) is 10.1 Å². The van der Waals surface area contributed by atoms with E-state index >= 15 is 4.39 Å². The second-order valence-electron chi connectivity index (χ2n) is 8.87. The zero-order valence-corrected chi connectivity index (χ0v) is 17.4. The lowest BCUT2D eigenvalue weighted by atomic mass is 10.0. The molecule has 4 N–H and O–H groups in total. The Morgan fingerprint density at radius 1 is 1.23 bits per heavy atom. The predicted octanol–water partition coefficient (Wildman–Crippen LogP) is 3.83. The fourth-order valence-electron chi connectivity index (χ4n) is 4.82. The van der Waals surface area contributed by atoms with E-state index in [4.69, 9.17) is 5.73 Å². The van der Waals surface area contributed by atoms with Crippen LogP contribution in [-0.2, 0) is 4.79 Å². The third-order valence-corrected chi connectivity index (χ3v) is 6.55. The normalized spacial score (nSPS) is 19.1. The minimum Gasteiger partial charge on any atom is -0.367 e. The number of rotatable bonds is 6. The van der Waals surface area contributed by atoms with Gasteiger partial charge in [-0.15, -0.1) is 0 Å². The number of nitrogens with one attached hydrogen (secondary N) is 2. The number of hydrogen-bond donors (Lipinski definition) is 3. The number of carbonyl (C=O) groups is 2. The Balaban J connectivity index is 1.48. The number of anilines is 1. The molecular formula is C24H27FN4O2. The summed E-state index contributed by atoms with van der Waals surface area (Å²) >= 11 is 0. The molecule has 7 heteroatoms. The molecule has 2 aliphatic rings. The molecule has 6 nitrogen and oxygen atoms in total. The van der Waals surface area contributed by atoms with E-state index in [0.717, 1.165) is 36.1 Å². The van der Waals surface area contributed by atoms with E-state index < -0.39 is 11.7 Å². The average Bonchev–Trinajstić information content (AvgIpc) is 3.51. The smallest absolute Gasteiger partial charge is 0.250 e. The van der Waals surface area contributed by atoms with Gasteiger partial charge >= 0.3 is 0 Å². The topological polar surface area (TPSA) is 91.2 Å². The first-order valence-corrected chi connectivity index (χ1v) is 11.1. The van der Waals surface area contributed by atoms with Crippen molar-refractivity contribution in [2.45, 2.75) is 44.6 Å². The van der Waals surface area contributed by atoms with Gasteiger partial charge < -0.3 is 20.9 Å². The summed E-state index contributed by atoms with van der Waals surface area (Å²) in [7, 11) is 0. The lowest BCUT2D eigenvalue weighted by Gasteiger charge is -2.35. The summed E-state index contributed by atoms with van der Waals surface area (Å²) in [6, 6.07) is 8.83. The maximum atomic E-state index is 15.4. The van der Waals surface area contributed by atoms with E-state index in [-0.39, 0.29) is 17.5 Å². The largest absolute Gasteiger partial charge is 0.367 e. The first kappa shape index (κ1) is 19.8. The van der Waals surface area contributed by atoms with Gasteiger partial charge in [0.15, 0.2) is 0 Å². The maximum absolute atomic E-state index is 15.4. The van der Waals surface area contributed by atoms with Gasteiger partial charge in [0.1, 0.15) is 5.82 Å². The van der Waals surface area contributed by atoms with Crippen LogP contribution < -0.4 is 16.0 Å². The van der Waals surface area contributed by atoms with Crippen molar-refractivity contribution in [1.82, 2.24) is 10.3 Å². The Morgan fingerprint density at radius 3 is 2.81 bits per heavy atom. The van der Waals surface area contributed by atoms with E-state index in [1.165, 1.54) is 18.9 Å². The molecule has 31 heavy (non-hydrogen) atoms. The Morgan fingerprint density at radius 2 is 2.03 bits per heavy atom. The number of H-pyrrole nitrogens is 1. The van der Waals surface area contributed by atoms with Gasteiger partial charge in [-0.05, 0) is 37.3 Å². The molecule has 0 radical (unpaired) electrons. The molecule has 1 aromatic heterocycles. The number of piperidine rings is 1. The Bertz CT molecular complexity index is 1170. The number of halogens is 1. The quantitative estimate of drug-likeness (QED) is 0.564. The number of aromatic nitrogens is 1. The molecule has 162 valence electrons. The van der Waals surface area contributed by atoms with Crippen molar-refractivity contribution in [2.24, 2.45) is 11.7 Å². The standard InChI is InChI=1S/C24H27FN4O2/c25-18-12-17(24(26)31)22-21(16-5-1-2-6-19(16)28-22)23(18)29-11-3-4-15(13-29)27-20(30)10-9-14-7-8-14/h1-2,5-6,12,14-15,28H,3-4,7-11,13H2,(H2,26,31)(H,27,30). The Kier molecular flexibility index (Phi) is 5.04. The molecule has 3 aromatic rings. The minimum atomic E-state index is -0.665. The van der Waals surface area contributed by atoms with Gasteiger partial charge in [0.25, 0.3) is 5.91 Å². The number of benzene rings is 2. The summed E-state index contributed by atoms with van der Waals surface area (Å²) in [5, 5.41) is 4.67. The minimum absolute atomic E-state index is 0.0177. The summed E-state index contributed by atoms with van der Waals surface area (Å²) in [5.41, 5.74) is 7.54. The Hall–Kier alpha value is -3.09. The van der Waals surface area contributed by atoms with Crippen molar-refractivity contribution in [3.8, 4) is 0 Å². The average molecular weight is 423 g/mol. The van der Waals surface area contributed by atoms with E-state index in [2.05, 4.69) is 10.3 Å². The van der Waals surface area contributed by atoms with Crippen LogP contribution in [0, 0.1) is 11.7 Å². The van der Waals surface area contributed by atoms with Gasteiger partial charge in [-0.1, -0.05) is 31.0 Å². The molecule has 1 atom stereocenters. The van der Waals surface area contributed by atoms with Gasteiger partial charge in [0.05, 0.1) is 16.8 Å². The molecule has 5 rings (SSSR count). The molecular weight excluding hydrogens is 395 g/mol. The number of nitrogens with two attached hydrogens (primary N) is 1. The molecule has 2 aromatic carbocycles. The van der Waals surface area contributed by atoms with Crippen molar-refractivity contribution < 1.29 is 14.0 Å². The lowest BCUT2D eigenvalue weighted by molar-refractivity contribution is -0.122. The first-order valence-electron chi connectivity index (χ1n) is 11.1. The van der Waals surface area contributed by atoms with Crippen LogP contribution in [0.2, 0.25) is 0 Å². The molecule has 2 amide bonds. The van der Waals surface area contributed by atoms with E-state index in [0.29, 0.717) is 36.1 Å². The maximum Gasteiger partial charge on any atom is 0.250 e. The number of primary amides is 1. The fourth-order valence-corrected chi connectivity index (χ4v) is 4.82. The fraction of sp³-hybridized carbons (Fsp3) is 0.417. The van der Waals surface area contributed by atoms with Crippen LogP contribution in [0.15, 0.2) is 30.3 Å². The molecule has 2 heterocycles. The molecule has 0 bridgehead atoms. The van der Waals surface area contributed by atoms with Gasteiger partial charge in [0, 0.05) is 41.8 Å². The van der Waals surface area contributed by atoms with Gasteiger partial charge in [-0.2, -0.15) is 0 Å². The van der Waals surface area contributed by atoms with E-state index in [1.807, 2.05) is 29.2 Å². The predicted molar refractivity (Wildman–Crippen MR) is 120 cm³/mol. The summed E-state index contributed by atoms with van der Waals surface area (Å²) < 4.78 is 15.4. The van der Waals surface area contributed by atoms with Gasteiger partial charge in [-0.3, -0.25) is 9.59 Å². The van der Waals surface area contributed by atoms with E-state index in [1.54, 1.807) is 0 Å². The summed E-state index contributed by atoms with van der Waals surface area (Å²) in [6.07, 6.45) is 5.74. The van der Waals surface area contributed by atoms with Crippen molar-refractivity contribution in [2.75, 3.05) is 18.0 Å². The van der Waals surface area contributed by atoms with Crippen LogP contribution in [0.25, 0.3) is 21.8 Å². The molecule has 1 aliphatic carbocycles. The highest BCUT2D eigenvalue weighted by Gasteiger charge is 2.28. The first-order chi connectivity index (χ1) is 15.0. The van der Waals surface area contributed by atoms with Crippen molar-refractivity contribution in [3.05, 3.63) is 41.7 Å². The number of para-hydroxylation sites is 1. The van der Waals surface area contributed by atoms with Crippen LogP contribution in [0.3, 0.4) is 0 Å². The number of nitrogens with zero attached hydrogens (tertiary/aromatic N) is 1. The number of amides is 2. The van der Waals surface area contributed by atoms with E-state index in [9.17, 15) is 9.59 Å². The third kappa shape index (κ3) is 3.84. The molecule has 2 fully saturated rings. The molecule has 1 aliphatic heterocycles. The highest BCUT2D eigenvalue weighted by Crippen LogP contribution is 2.39. The monoisotopic (exact) mass is 422 g/mol. The second-order valence-corrected chi connectivity index (χ2v) is 8.87. The van der Waals surface area contributed by atoms with Crippen molar-refractivity contribution in [1.29, 1.82) is 0 Å². The summed E-state index contributed by atoms with van der Waals surface area (Å²) in [5.74, 6) is -0.324. The number of carbonyl (C=O) groups excluding carboxylic acids is 2. The van der Waals surface area contributed by atoms with Crippen LogP contribution in [-0.4, -0.2) is 35.9 Å². The SMILES string of the molecule is NC(=O)c1cc(F)c(N2CCCC(NC(=O)CCC3CC3)C2)c2c1[nH]c1ccccc12. The summed E-state index contributed by atoms with van der Waals surface area (Å²) in [6.45, 7) is 1.23. The molecule has 1 saturated heterocycles. The van der Waals surface area contributed by atoms with Crippen LogP contribution in [0.1, 0.15) is 48.9 Å². The van der Waals surface area contributed by atoms with Gasteiger partial charge in [0.2, 0.25) is 5.91 Å². The van der Waals surface area contributed by atoms with Crippen LogP contribution >= 0.6 is 0 Å². The lowest BCUT2D eigenvalue weighted by Crippen LogP contribution is -2.48. The number of fused-ring (bicyclic) bond motifs is 3. The highest BCUT2D eigenvalue weighted by molar-refractivity contribution is 6.19. The molecule has 1 saturated carbocycles. The highest BCUT2D eigenvalue weighted by atomic mass is 19.1. The number of hydrogen-bond acceptors (Lipinski definition) is 3. The second kappa shape index (κ2) is 7.87. The summed E-state index contributed by atoms with van der Waals surface area (Å²) in [4.78, 5) is 29.6. The third-order valence-electron chi connectivity index (χ3n) is 6.55. The molecule has 1 unspecified atom stereocenters. The van der Waals surface area contributed by atoms with Crippen molar-refractivity contribution >= 4 is 39.3 Å². The zero-order chi connectivity index (χ0) is 21.5.